The van der Waals surface area contributed by atoms with Gasteiger partial charge in [-0.05, 0) is 37.3 Å². The predicted molar refractivity (Wildman–Crippen MR) is 76.6 cm³/mol. The van der Waals surface area contributed by atoms with Gasteiger partial charge in [0.2, 0.25) is 5.88 Å². The van der Waals surface area contributed by atoms with E-state index < -0.39 is 0 Å². The topological polar surface area (TPSA) is 59.9 Å². The molecule has 0 atom stereocenters. The van der Waals surface area contributed by atoms with Gasteiger partial charge < -0.3 is 10.1 Å². The maximum absolute atomic E-state index is 5.67. The molecule has 1 fully saturated rings. The first-order chi connectivity index (χ1) is 9.79. The van der Waals surface area contributed by atoms with Gasteiger partial charge in [0, 0.05) is 25.0 Å². The van der Waals surface area contributed by atoms with E-state index >= 15 is 0 Å². The number of aryl methyl sites for hydroxylation is 1. The molecule has 0 radical (unpaired) electrons. The second kappa shape index (κ2) is 5.86. The Bertz CT molecular complexity index is 584. The van der Waals surface area contributed by atoms with Gasteiger partial charge in [-0.15, -0.1) is 0 Å². The van der Waals surface area contributed by atoms with E-state index in [1.807, 2.05) is 19.1 Å². The molecule has 5 nitrogen and oxygen atoms in total. The van der Waals surface area contributed by atoms with Crippen molar-refractivity contribution in [2.24, 2.45) is 5.92 Å². The third-order valence-electron chi connectivity index (χ3n) is 3.19. The van der Waals surface area contributed by atoms with Crippen molar-refractivity contribution in [3.63, 3.8) is 0 Å². The molecular formula is C15H18N4O. The molecule has 0 aliphatic heterocycles. The molecule has 1 aliphatic carbocycles. The Morgan fingerprint density at radius 3 is 3.05 bits per heavy atom. The molecule has 0 amide bonds. The van der Waals surface area contributed by atoms with Crippen molar-refractivity contribution in [2.75, 3.05) is 11.9 Å². The van der Waals surface area contributed by atoms with Crippen molar-refractivity contribution < 1.29 is 4.74 Å². The maximum atomic E-state index is 5.67. The Kier molecular flexibility index (Phi) is 3.76. The van der Waals surface area contributed by atoms with Gasteiger partial charge in [0.15, 0.2) is 0 Å². The average Bonchev–Trinajstić information content (AvgIpc) is 3.28. The fraction of sp³-hybridized carbons (Fsp3) is 0.400. The van der Waals surface area contributed by atoms with Crippen molar-refractivity contribution in [1.82, 2.24) is 15.0 Å². The first kappa shape index (κ1) is 12.8. The van der Waals surface area contributed by atoms with Gasteiger partial charge in [-0.25, -0.2) is 9.97 Å². The van der Waals surface area contributed by atoms with E-state index in [0.717, 1.165) is 29.6 Å². The molecule has 2 aromatic heterocycles. The summed E-state index contributed by atoms with van der Waals surface area (Å²) in [7, 11) is 0. The SMILES string of the molecule is Cc1cncc(NCc2ccnc(OCC3CC3)c2)n1. The van der Waals surface area contributed by atoms with Gasteiger partial charge in [0.1, 0.15) is 5.82 Å². The molecule has 2 heterocycles. The summed E-state index contributed by atoms with van der Waals surface area (Å²) in [4.78, 5) is 12.7. The van der Waals surface area contributed by atoms with Gasteiger partial charge in [0.05, 0.1) is 18.5 Å². The van der Waals surface area contributed by atoms with Crippen molar-refractivity contribution in [3.05, 3.63) is 42.0 Å². The van der Waals surface area contributed by atoms with Crippen LogP contribution in [0.4, 0.5) is 5.82 Å². The Morgan fingerprint density at radius 2 is 2.25 bits per heavy atom. The van der Waals surface area contributed by atoms with Crippen molar-refractivity contribution in [2.45, 2.75) is 26.3 Å². The third kappa shape index (κ3) is 3.66. The summed E-state index contributed by atoms with van der Waals surface area (Å²) in [5, 5.41) is 3.25. The summed E-state index contributed by atoms with van der Waals surface area (Å²) in [6.45, 7) is 3.39. The molecule has 1 N–H and O–H groups in total. The number of nitrogens with one attached hydrogen (secondary N) is 1. The van der Waals surface area contributed by atoms with Crippen LogP contribution >= 0.6 is 0 Å². The van der Waals surface area contributed by atoms with Crippen LogP contribution in [-0.4, -0.2) is 21.6 Å². The highest BCUT2D eigenvalue weighted by Gasteiger charge is 2.22. The van der Waals surface area contributed by atoms with E-state index in [1.165, 1.54) is 12.8 Å². The number of ether oxygens (including phenoxy) is 1. The number of anilines is 1. The highest BCUT2D eigenvalue weighted by molar-refractivity contribution is 5.33. The fourth-order valence-electron chi connectivity index (χ4n) is 1.87. The lowest BCUT2D eigenvalue weighted by Crippen LogP contribution is -2.04. The lowest BCUT2D eigenvalue weighted by molar-refractivity contribution is 0.288. The summed E-state index contributed by atoms with van der Waals surface area (Å²) in [5.74, 6) is 2.22. The second-order valence-electron chi connectivity index (χ2n) is 5.16. The first-order valence-corrected chi connectivity index (χ1v) is 6.90. The standard InChI is InChI=1S/C15H18N4O/c1-11-7-16-9-14(19-11)18-8-13-4-5-17-15(6-13)20-10-12-2-3-12/h4-7,9,12H,2-3,8,10H2,1H3,(H,18,19). The van der Waals surface area contributed by atoms with E-state index in [1.54, 1.807) is 18.6 Å². The van der Waals surface area contributed by atoms with Crippen LogP contribution in [0.15, 0.2) is 30.7 Å². The summed E-state index contributed by atoms with van der Waals surface area (Å²) in [6.07, 6.45) is 7.81. The summed E-state index contributed by atoms with van der Waals surface area (Å²) < 4.78 is 5.67. The van der Waals surface area contributed by atoms with Crippen molar-refractivity contribution in [3.8, 4) is 5.88 Å². The lowest BCUT2D eigenvalue weighted by Gasteiger charge is -2.08. The Morgan fingerprint density at radius 1 is 1.35 bits per heavy atom. The highest BCUT2D eigenvalue weighted by Crippen LogP contribution is 2.29. The normalized spacial score (nSPS) is 14.1. The van der Waals surface area contributed by atoms with Gasteiger partial charge in [-0.2, -0.15) is 0 Å². The van der Waals surface area contributed by atoms with Crippen molar-refractivity contribution in [1.29, 1.82) is 0 Å². The van der Waals surface area contributed by atoms with E-state index in [2.05, 4.69) is 20.3 Å². The fourth-order valence-corrected chi connectivity index (χ4v) is 1.87. The molecule has 104 valence electrons. The van der Waals surface area contributed by atoms with E-state index in [0.29, 0.717) is 12.4 Å². The zero-order valence-electron chi connectivity index (χ0n) is 11.5. The Balaban J connectivity index is 1.57. The quantitative estimate of drug-likeness (QED) is 0.874. The molecule has 0 unspecified atom stereocenters. The minimum atomic E-state index is 0.681. The largest absolute Gasteiger partial charge is 0.477 e. The highest BCUT2D eigenvalue weighted by atomic mass is 16.5. The predicted octanol–water partition coefficient (Wildman–Crippen LogP) is 2.58. The van der Waals surface area contributed by atoms with Crippen LogP contribution < -0.4 is 10.1 Å². The van der Waals surface area contributed by atoms with Crippen LogP contribution in [-0.2, 0) is 6.54 Å². The van der Waals surface area contributed by atoms with E-state index in [-0.39, 0.29) is 0 Å². The first-order valence-electron chi connectivity index (χ1n) is 6.90. The molecule has 1 saturated carbocycles. The second-order valence-corrected chi connectivity index (χ2v) is 5.16. The lowest BCUT2D eigenvalue weighted by atomic mass is 10.2. The molecule has 0 spiro atoms. The monoisotopic (exact) mass is 270 g/mol. The van der Waals surface area contributed by atoms with Crippen molar-refractivity contribution >= 4 is 5.82 Å². The minimum absolute atomic E-state index is 0.681. The van der Waals surface area contributed by atoms with Crippen LogP contribution in [0.2, 0.25) is 0 Å². The number of hydrogen-bond donors (Lipinski definition) is 1. The van der Waals surface area contributed by atoms with Crippen LogP contribution in [0.3, 0.4) is 0 Å². The molecule has 1 aliphatic rings. The molecule has 5 heteroatoms. The summed E-state index contributed by atoms with van der Waals surface area (Å²) in [6, 6.07) is 3.94. The number of nitrogens with zero attached hydrogens (tertiary/aromatic N) is 3. The van der Waals surface area contributed by atoms with Crippen LogP contribution in [0.25, 0.3) is 0 Å². The molecule has 0 saturated heterocycles. The number of aromatic nitrogens is 3. The molecule has 0 aromatic carbocycles. The maximum Gasteiger partial charge on any atom is 0.213 e. The molecule has 2 aromatic rings. The average molecular weight is 270 g/mol. The van der Waals surface area contributed by atoms with Crippen LogP contribution in [0.5, 0.6) is 5.88 Å². The molecular weight excluding hydrogens is 252 g/mol. The molecule has 0 bridgehead atoms. The van der Waals surface area contributed by atoms with Crippen LogP contribution in [0.1, 0.15) is 24.1 Å². The summed E-state index contributed by atoms with van der Waals surface area (Å²) >= 11 is 0. The smallest absolute Gasteiger partial charge is 0.213 e. The molecule has 3 rings (SSSR count). The van der Waals surface area contributed by atoms with Crippen LogP contribution in [0, 0.1) is 12.8 Å². The Labute approximate surface area is 118 Å². The van der Waals surface area contributed by atoms with Gasteiger partial charge in [-0.1, -0.05) is 0 Å². The number of hydrogen-bond acceptors (Lipinski definition) is 5. The number of pyridine rings is 1. The zero-order valence-corrected chi connectivity index (χ0v) is 11.5. The van der Waals surface area contributed by atoms with Gasteiger partial charge in [-0.3, -0.25) is 4.98 Å². The van der Waals surface area contributed by atoms with E-state index in [4.69, 9.17) is 4.74 Å². The molecule has 20 heavy (non-hydrogen) atoms. The van der Waals surface area contributed by atoms with E-state index in [9.17, 15) is 0 Å². The third-order valence-corrected chi connectivity index (χ3v) is 3.19. The van der Waals surface area contributed by atoms with Gasteiger partial charge >= 0.3 is 0 Å². The minimum Gasteiger partial charge on any atom is -0.477 e. The zero-order chi connectivity index (χ0) is 13.8. The summed E-state index contributed by atoms with van der Waals surface area (Å²) in [5.41, 5.74) is 2.02. The van der Waals surface area contributed by atoms with Gasteiger partial charge in [0.25, 0.3) is 0 Å². The Hall–Kier alpha value is -2.17. The number of rotatable bonds is 6.